The highest BCUT2D eigenvalue weighted by molar-refractivity contribution is 7.88. The quantitative estimate of drug-likeness (QED) is 0.290. The Morgan fingerprint density at radius 3 is 2.59 bits per heavy atom. The molecule has 0 bridgehead atoms. The Kier molecular flexibility index (Phi) is 6.48. The molecule has 5 N–H and O–H groups in total. The molecule has 4 aromatic rings. The van der Waals surface area contributed by atoms with Crippen molar-refractivity contribution in [3.05, 3.63) is 90.1 Å². The highest BCUT2D eigenvalue weighted by Gasteiger charge is 2.34. The molecule has 1 amide bonds. The van der Waals surface area contributed by atoms with E-state index in [9.17, 15) is 14.3 Å². The first-order valence-corrected chi connectivity index (χ1v) is 13.6. The Hall–Kier alpha value is -4.46. The van der Waals surface area contributed by atoms with E-state index in [4.69, 9.17) is 5.14 Å². The van der Waals surface area contributed by atoms with Gasteiger partial charge in [0.25, 0.3) is 5.91 Å². The summed E-state index contributed by atoms with van der Waals surface area (Å²) in [5.74, 6) is -0.240. The van der Waals surface area contributed by atoms with Crippen molar-refractivity contribution in [2.45, 2.75) is 6.04 Å². The Morgan fingerprint density at radius 2 is 1.81 bits per heavy atom. The molecule has 1 saturated heterocycles. The smallest absolute Gasteiger partial charge is 0.255 e. The van der Waals surface area contributed by atoms with Gasteiger partial charge >= 0.3 is 0 Å². The normalized spacial score (nSPS) is 14.8. The second kappa shape index (κ2) is 9.89. The van der Waals surface area contributed by atoms with E-state index in [1.807, 2.05) is 48.5 Å². The summed E-state index contributed by atoms with van der Waals surface area (Å²) in [6.07, 6.45) is 3.24. The predicted octanol–water partition coefficient (Wildman–Crippen LogP) is 3.88. The van der Waals surface area contributed by atoms with Crippen LogP contribution in [-0.4, -0.2) is 44.4 Å². The van der Waals surface area contributed by atoms with E-state index in [0.29, 0.717) is 29.9 Å². The van der Waals surface area contributed by atoms with Crippen molar-refractivity contribution in [3.63, 3.8) is 0 Å². The molecule has 1 atom stereocenters. The Labute approximate surface area is 215 Å². The third-order valence-electron chi connectivity index (χ3n) is 6.13. The number of hydrogen-bond acceptors (Lipinski definition) is 6. The number of nitrogens with one attached hydrogen (secondary N) is 3. The summed E-state index contributed by atoms with van der Waals surface area (Å²) in [7, 11) is -2.42. The molecule has 0 saturated carbocycles. The third-order valence-corrected chi connectivity index (χ3v) is 7.45. The number of hydrogen-bond donors (Lipinski definition) is 4. The van der Waals surface area contributed by atoms with Crippen molar-refractivity contribution in [2.24, 2.45) is 5.14 Å². The molecular formula is C27H26N7O2S+. The average molecular weight is 513 g/mol. The molecule has 1 aliphatic heterocycles. The first-order valence-electron chi connectivity index (χ1n) is 11.6. The number of aromatic nitrogens is 1. The molecule has 1 fully saturated rings. The van der Waals surface area contributed by atoms with Gasteiger partial charge in [-0.2, -0.15) is 13.4 Å². The van der Waals surface area contributed by atoms with Gasteiger partial charge in [0.2, 0.25) is 9.92 Å². The monoisotopic (exact) mass is 512 g/mol. The maximum absolute atomic E-state index is 13.0. The second-order valence-corrected chi connectivity index (χ2v) is 11.2. The summed E-state index contributed by atoms with van der Waals surface area (Å²) >= 11 is 0. The van der Waals surface area contributed by atoms with E-state index in [0.717, 1.165) is 28.0 Å². The summed E-state index contributed by atoms with van der Waals surface area (Å²) in [5, 5.41) is 25.4. The van der Waals surface area contributed by atoms with Gasteiger partial charge in [0.15, 0.2) is 13.1 Å². The minimum absolute atomic E-state index is 0.145. The van der Waals surface area contributed by atoms with E-state index >= 15 is 0 Å². The molecule has 186 valence electrons. The van der Waals surface area contributed by atoms with Crippen LogP contribution in [0.15, 0.2) is 79.0 Å². The minimum atomic E-state index is -2.42. The molecule has 1 unspecified atom stereocenters. The zero-order valence-electron chi connectivity index (χ0n) is 20.1. The van der Waals surface area contributed by atoms with E-state index in [1.54, 1.807) is 34.4 Å². The minimum Gasteiger partial charge on any atom is -0.371 e. The van der Waals surface area contributed by atoms with E-state index in [1.165, 1.54) is 6.26 Å². The van der Waals surface area contributed by atoms with Gasteiger partial charge in [-0.1, -0.05) is 12.1 Å². The number of fused-ring (bicyclic) bond motifs is 1. The molecule has 10 heteroatoms. The van der Waals surface area contributed by atoms with Gasteiger partial charge < -0.3 is 16.0 Å². The molecule has 3 aromatic carbocycles. The van der Waals surface area contributed by atoms with Gasteiger partial charge in [-0.25, -0.2) is 5.14 Å². The summed E-state index contributed by atoms with van der Waals surface area (Å²) < 4.78 is 13.6. The number of nitrogens with two attached hydrogens (primary N) is 1. The molecular weight excluding hydrogens is 486 g/mol. The maximum atomic E-state index is 13.0. The molecule has 2 heterocycles. The molecule has 0 radical (unpaired) electrons. The van der Waals surface area contributed by atoms with Gasteiger partial charge in [-0.15, -0.1) is 0 Å². The van der Waals surface area contributed by atoms with E-state index in [-0.39, 0.29) is 11.9 Å². The fourth-order valence-electron chi connectivity index (χ4n) is 4.17. The summed E-state index contributed by atoms with van der Waals surface area (Å²) in [4.78, 5) is 17.4. The summed E-state index contributed by atoms with van der Waals surface area (Å²) in [6, 6.07) is 24.2. The maximum Gasteiger partial charge on any atom is 0.255 e. The van der Waals surface area contributed by atoms with Crippen LogP contribution in [0, 0.1) is 11.3 Å². The predicted molar refractivity (Wildman–Crippen MR) is 146 cm³/mol. The number of benzene rings is 3. The van der Waals surface area contributed by atoms with Gasteiger partial charge in [0.1, 0.15) is 6.04 Å². The highest BCUT2D eigenvalue weighted by atomic mass is 32.2. The summed E-state index contributed by atoms with van der Waals surface area (Å²) in [5.41, 5.74) is 4.86. The van der Waals surface area contributed by atoms with Crippen molar-refractivity contribution in [2.75, 3.05) is 35.3 Å². The fourth-order valence-corrected chi connectivity index (χ4v) is 5.12. The number of nitrogens with zero attached hydrogens (tertiary/aromatic N) is 3. The zero-order valence-corrected chi connectivity index (χ0v) is 21.0. The second-order valence-electron chi connectivity index (χ2n) is 8.99. The number of carbonyl (C=O) groups excluding carboxylic acids is 1. The Bertz CT molecular complexity index is 1670. The molecule has 1 aliphatic rings. The first kappa shape index (κ1) is 24.2. The molecule has 9 nitrogen and oxygen atoms in total. The lowest BCUT2D eigenvalue weighted by molar-refractivity contribution is -0.565. The van der Waals surface area contributed by atoms with Crippen LogP contribution < -0.4 is 21.1 Å². The number of amides is 1. The van der Waals surface area contributed by atoms with Crippen LogP contribution in [0.4, 0.5) is 22.7 Å². The van der Waals surface area contributed by atoms with Crippen molar-refractivity contribution in [3.8, 4) is 6.07 Å². The van der Waals surface area contributed by atoms with Crippen LogP contribution >= 0.6 is 0 Å². The largest absolute Gasteiger partial charge is 0.371 e. The number of carbonyl (C=O) groups is 1. The van der Waals surface area contributed by atoms with Gasteiger partial charge in [0.05, 0.1) is 23.4 Å². The fraction of sp³-hybridized carbons (Fsp3) is 0.148. The SMILES string of the molecule is CS(N)(=O)=[N+]1CC(Nc2cccc(NC(=O)c3cccc(Nc4ccnc5ccc(C#N)cc45)c3)c2)C1. The average Bonchev–Trinajstić information content (AvgIpc) is 2.85. The lowest BCUT2D eigenvalue weighted by atomic mass is 10.1. The molecule has 5 rings (SSSR count). The van der Waals surface area contributed by atoms with Gasteiger partial charge in [0, 0.05) is 39.9 Å². The van der Waals surface area contributed by atoms with Crippen molar-refractivity contribution >= 4 is 49.5 Å². The molecule has 37 heavy (non-hydrogen) atoms. The van der Waals surface area contributed by atoms with Crippen LogP contribution in [0.1, 0.15) is 15.9 Å². The van der Waals surface area contributed by atoms with Gasteiger partial charge in [-0.05, 0) is 60.7 Å². The van der Waals surface area contributed by atoms with Crippen LogP contribution in [0.2, 0.25) is 0 Å². The van der Waals surface area contributed by atoms with Crippen molar-refractivity contribution < 1.29 is 12.9 Å². The van der Waals surface area contributed by atoms with Crippen LogP contribution in [0.5, 0.6) is 0 Å². The van der Waals surface area contributed by atoms with Gasteiger partial charge in [-0.3, -0.25) is 9.78 Å². The van der Waals surface area contributed by atoms with E-state index < -0.39 is 9.92 Å². The number of pyridine rings is 1. The zero-order chi connectivity index (χ0) is 26.0. The van der Waals surface area contributed by atoms with E-state index in [2.05, 4.69) is 27.0 Å². The standard InChI is InChI=1S/C27H25N7O2S/c1-37(29,36)34-16-23(17-34)31-21-6-3-7-22(14-21)33-27(35)19-4-2-5-20(13-19)32-26-10-11-30-25-9-8-18(15-28)12-24(25)26/h2-14,23,29,31H,16-17H2,1H3,(H2,30,32,33,35)/p+1. The number of nitriles is 1. The molecule has 0 aliphatic carbocycles. The number of anilines is 4. The van der Waals surface area contributed by atoms with Crippen LogP contribution in [0.25, 0.3) is 10.9 Å². The lowest BCUT2D eigenvalue weighted by Gasteiger charge is -2.26. The summed E-state index contributed by atoms with van der Waals surface area (Å²) in [6.45, 7) is 1.21. The Balaban J connectivity index is 1.28. The van der Waals surface area contributed by atoms with Crippen LogP contribution in [0.3, 0.4) is 0 Å². The highest BCUT2D eigenvalue weighted by Crippen LogP contribution is 2.27. The Morgan fingerprint density at radius 1 is 1.05 bits per heavy atom. The number of rotatable bonds is 6. The van der Waals surface area contributed by atoms with Crippen molar-refractivity contribution in [1.82, 2.24) is 4.98 Å². The molecule has 1 aromatic heterocycles. The topological polar surface area (TPSA) is 136 Å². The first-order chi connectivity index (χ1) is 17.8. The third kappa shape index (κ3) is 5.53. The lowest BCUT2D eigenvalue weighted by Crippen LogP contribution is -2.52. The van der Waals surface area contributed by atoms with Crippen molar-refractivity contribution in [1.29, 1.82) is 5.26 Å². The molecule has 0 spiro atoms. The van der Waals surface area contributed by atoms with Crippen LogP contribution in [-0.2, 0) is 9.92 Å².